The monoisotopic (exact) mass is 359 g/mol. The van der Waals surface area contributed by atoms with Gasteiger partial charge in [-0.2, -0.15) is 4.31 Å². The Balaban J connectivity index is 1.64. The van der Waals surface area contributed by atoms with Gasteiger partial charge in [-0.3, -0.25) is 9.78 Å². The molecule has 2 heterocycles. The number of nitrogens with zero attached hydrogens (tertiary/aromatic N) is 2. The fourth-order valence-electron chi connectivity index (χ4n) is 2.84. The molecule has 1 aromatic carbocycles. The molecule has 0 saturated carbocycles. The molecule has 0 atom stereocenters. The summed E-state index contributed by atoms with van der Waals surface area (Å²) < 4.78 is 26.7. The number of aryl methyl sites for hydroxylation is 1. The van der Waals surface area contributed by atoms with E-state index in [0.29, 0.717) is 31.6 Å². The molecule has 1 fully saturated rings. The molecule has 1 aromatic heterocycles. The topological polar surface area (TPSA) is 79.4 Å². The predicted molar refractivity (Wildman–Crippen MR) is 95.6 cm³/mol. The number of aromatic nitrogens is 1. The number of amides is 1. The van der Waals surface area contributed by atoms with Crippen molar-refractivity contribution in [3.63, 3.8) is 0 Å². The van der Waals surface area contributed by atoms with E-state index in [1.165, 1.54) is 10.4 Å². The van der Waals surface area contributed by atoms with Crippen LogP contribution in [0, 0.1) is 0 Å². The van der Waals surface area contributed by atoms with E-state index in [0.717, 1.165) is 18.4 Å². The fraction of sp³-hybridized carbons (Fsp3) is 0.333. The first-order valence-corrected chi connectivity index (χ1v) is 9.79. The van der Waals surface area contributed by atoms with Crippen molar-refractivity contribution in [3.8, 4) is 0 Å². The summed E-state index contributed by atoms with van der Waals surface area (Å²) in [6.45, 7) is 1.12. The van der Waals surface area contributed by atoms with Gasteiger partial charge in [0, 0.05) is 37.6 Å². The summed E-state index contributed by atoms with van der Waals surface area (Å²) in [5.41, 5.74) is 1.49. The second-order valence-corrected chi connectivity index (χ2v) is 7.99. The van der Waals surface area contributed by atoms with Crippen molar-refractivity contribution >= 4 is 21.6 Å². The van der Waals surface area contributed by atoms with Crippen LogP contribution >= 0.6 is 0 Å². The van der Waals surface area contributed by atoms with E-state index in [1.54, 1.807) is 30.6 Å². The van der Waals surface area contributed by atoms with Crippen molar-refractivity contribution in [1.29, 1.82) is 0 Å². The highest BCUT2D eigenvalue weighted by molar-refractivity contribution is 7.89. The summed E-state index contributed by atoms with van der Waals surface area (Å²) in [7, 11) is -3.48. The molecule has 1 aliphatic rings. The molecule has 0 spiro atoms. The van der Waals surface area contributed by atoms with Crippen molar-refractivity contribution in [1.82, 2.24) is 9.29 Å². The Morgan fingerprint density at radius 2 is 1.96 bits per heavy atom. The number of carbonyl (C=O) groups is 1. The van der Waals surface area contributed by atoms with Gasteiger partial charge in [0.2, 0.25) is 15.9 Å². The van der Waals surface area contributed by atoms with Crippen LogP contribution in [0.5, 0.6) is 0 Å². The number of carbonyl (C=O) groups excluding carboxylic acids is 1. The Bertz CT molecular complexity index is 832. The van der Waals surface area contributed by atoms with Crippen LogP contribution in [-0.2, 0) is 21.2 Å². The minimum atomic E-state index is -3.48. The first kappa shape index (κ1) is 17.6. The summed E-state index contributed by atoms with van der Waals surface area (Å²) in [6.07, 6.45) is 6.11. The Morgan fingerprint density at radius 3 is 2.68 bits per heavy atom. The molecule has 1 amide bonds. The maximum atomic E-state index is 12.6. The Morgan fingerprint density at radius 1 is 1.16 bits per heavy atom. The highest BCUT2D eigenvalue weighted by Gasteiger charge is 2.27. The van der Waals surface area contributed by atoms with Gasteiger partial charge >= 0.3 is 0 Å². The lowest BCUT2D eigenvalue weighted by atomic mass is 10.1. The molecule has 1 saturated heterocycles. The summed E-state index contributed by atoms with van der Waals surface area (Å²) in [5.74, 6) is -0.153. The zero-order valence-corrected chi connectivity index (χ0v) is 14.7. The fourth-order valence-corrected chi connectivity index (χ4v) is 4.40. The second kappa shape index (κ2) is 7.76. The summed E-state index contributed by atoms with van der Waals surface area (Å²) in [6, 6.07) is 10.2. The van der Waals surface area contributed by atoms with Crippen LogP contribution in [0.3, 0.4) is 0 Å². The van der Waals surface area contributed by atoms with Crippen molar-refractivity contribution in [2.45, 2.75) is 30.6 Å². The van der Waals surface area contributed by atoms with Crippen molar-refractivity contribution in [3.05, 3.63) is 54.4 Å². The van der Waals surface area contributed by atoms with E-state index in [-0.39, 0.29) is 10.8 Å². The smallest absolute Gasteiger partial charge is 0.243 e. The third kappa shape index (κ3) is 4.43. The number of benzene rings is 1. The Kier molecular flexibility index (Phi) is 5.45. The van der Waals surface area contributed by atoms with E-state index < -0.39 is 10.0 Å². The second-order valence-electron chi connectivity index (χ2n) is 6.05. The van der Waals surface area contributed by atoms with Crippen LogP contribution in [0.4, 0.5) is 5.69 Å². The molecule has 132 valence electrons. The van der Waals surface area contributed by atoms with Crippen LogP contribution < -0.4 is 5.32 Å². The lowest BCUT2D eigenvalue weighted by Crippen LogP contribution is -2.27. The Hall–Kier alpha value is -2.25. The van der Waals surface area contributed by atoms with Gasteiger partial charge in [-0.1, -0.05) is 12.1 Å². The molecule has 1 aliphatic heterocycles. The van der Waals surface area contributed by atoms with Gasteiger partial charge in [0.25, 0.3) is 0 Å². The minimum Gasteiger partial charge on any atom is -0.326 e. The van der Waals surface area contributed by atoms with E-state index in [1.807, 2.05) is 12.1 Å². The van der Waals surface area contributed by atoms with Gasteiger partial charge in [0.1, 0.15) is 0 Å². The average Bonchev–Trinajstić information content (AvgIpc) is 3.17. The minimum absolute atomic E-state index is 0.153. The first-order chi connectivity index (χ1) is 12.1. The van der Waals surface area contributed by atoms with Gasteiger partial charge in [-0.25, -0.2) is 8.42 Å². The lowest BCUT2D eigenvalue weighted by Gasteiger charge is -2.16. The molecule has 0 aliphatic carbocycles. The molecule has 3 rings (SSSR count). The SMILES string of the molecule is O=C(CCc1cccnc1)Nc1cccc(S(=O)(=O)N2CCCC2)c1. The van der Waals surface area contributed by atoms with Gasteiger partial charge in [0.05, 0.1) is 4.90 Å². The highest BCUT2D eigenvalue weighted by atomic mass is 32.2. The maximum absolute atomic E-state index is 12.6. The number of sulfonamides is 1. The molecule has 6 nitrogen and oxygen atoms in total. The molecular formula is C18H21N3O3S. The molecule has 2 aromatic rings. The normalized spacial score (nSPS) is 15.2. The van der Waals surface area contributed by atoms with Gasteiger partial charge < -0.3 is 5.32 Å². The van der Waals surface area contributed by atoms with Crippen LogP contribution in [0.1, 0.15) is 24.8 Å². The third-order valence-electron chi connectivity index (χ3n) is 4.18. The number of anilines is 1. The molecule has 25 heavy (non-hydrogen) atoms. The zero-order valence-electron chi connectivity index (χ0n) is 13.9. The van der Waals surface area contributed by atoms with Crippen LogP contribution in [-0.4, -0.2) is 36.7 Å². The molecular weight excluding hydrogens is 338 g/mol. The molecule has 1 N–H and O–H groups in total. The van der Waals surface area contributed by atoms with E-state index in [4.69, 9.17) is 0 Å². The van der Waals surface area contributed by atoms with Gasteiger partial charge in [-0.15, -0.1) is 0 Å². The quantitative estimate of drug-likeness (QED) is 0.859. The Labute approximate surface area is 147 Å². The number of nitrogens with one attached hydrogen (secondary N) is 1. The number of pyridine rings is 1. The van der Waals surface area contributed by atoms with Crippen molar-refractivity contribution in [2.75, 3.05) is 18.4 Å². The largest absolute Gasteiger partial charge is 0.326 e. The first-order valence-electron chi connectivity index (χ1n) is 8.35. The van der Waals surface area contributed by atoms with E-state index >= 15 is 0 Å². The summed E-state index contributed by atoms with van der Waals surface area (Å²) in [4.78, 5) is 16.4. The van der Waals surface area contributed by atoms with Crippen LogP contribution in [0.15, 0.2) is 53.7 Å². The molecule has 0 unspecified atom stereocenters. The maximum Gasteiger partial charge on any atom is 0.243 e. The number of hydrogen-bond acceptors (Lipinski definition) is 4. The average molecular weight is 359 g/mol. The van der Waals surface area contributed by atoms with Crippen molar-refractivity contribution in [2.24, 2.45) is 0 Å². The van der Waals surface area contributed by atoms with Crippen LogP contribution in [0.25, 0.3) is 0 Å². The number of rotatable bonds is 6. The molecule has 0 bridgehead atoms. The van der Waals surface area contributed by atoms with Crippen molar-refractivity contribution < 1.29 is 13.2 Å². The van der Waals surface area contributed by atoms with Gasteiger partial charge in [-0.05, 0) is 49.1 Å². The van der Waals surface area contributed by atoms with Crippen LogP contribution in [0.2, 0.25) is 0 Å². The zero-order chi connectivity index (χ0) is 17.7. The standard InChI is InChI=1S/C18H21N3O3S/c22-18(9-8-15-5-4-10-19-14-15)20-16-6-3-7-17(13-16)25(23,24)21-11-1-2-12-21/h3-7,10,13-14H,1-2,8-9,11-12H2,(H,20,22). The highest BCUT2D eigenvalue weighted by Crippen LogP contribution is 2.23. The van der Waals surface area contributed by atoms with E-state index in [2.05, 4.69) is 10.3 Å². The summed E-state index contributed by atoms with van der Waals surface area (Å²) in [5, 5.41) is 2.77. The predicted octanol–water partition coefficient (Wildman–Crippen LogP) is 2.44. The lowest BCUT2D eigenvalue weighted by molar-refractivity contribution is -0.116. The summed E-state index contributed by atoms with van der Waals surface area (Å²) >= 11 is 0. The number of hydrogen-bond donors (Lipinski definition) is 1. The molecule has 7 heteroatoms. The molecule has 0 radical (unpaired) electrons. The van der Waals surface area contributed by atoms with E-state index in [9.17, 15) is 13.2 Å². The van der Waals surface area contributed by atoms with Gasteiger partial charge in [0.15, 0.2) is 0 Å². The third-order valence-corrected chi connectivity index (χ3v) is 6.08.